The Morgan fingerprint density at radius 3 is 2.60 bits per heavy atom. The highest BCUT2D eigenvalue weighted by atomic mass is 15.3. The number of aromatic nitrogens is 5. The minimum Gasteiger partial charge on any atom is -0.356 e. The lowest BCUT2D eigenvalue weighted by atomic mass is 9.93. The van der Waals surface area contributed by atoms with Gasteiger partial charge in [-0.1, -0.05) is 0 Å². The Kier molecular flexibility index (Phi) is 4.17. The van der Waals surface area contributed by atoms with Crippen LogP contribution in [0.25, 0.3) is 11.4 Å². The molecule has 6 nitrogen and oxygen atoms in total. The lowest BCUT2D eigenvalue weighted by molar-refractivity contribution is 0.475. The second kappa shape index (κ2) is 6.63. The van der Waals surface area contributed by atoms with Gasteiger partial charge in [-0.15, -0.1) is 0 Å². The van der Waals surface area contributed by atoms with E-state index in [9.17, 15) is 0 Å². The lowest BCUT2D eigenvalue weighted by Gasteiger charge is -2.33. The maximum atomic E-state index is 4.79. The molecule has 1 fully saturated rings. The van der Waals surface area contributed by atoms with Crippen LogP contribution in [-0.2, 0) is 7.05 Å². The minimum absolute atomic E-state index is 0.574. The molecule has 4 heterocycles. The molecule has 0 atom stereocenters. The maximum absolute atomic E-state index is 4.79. The molecular weight excluding hydrogens is 312 g/mol. The van der Waals surface area contributed by atoms with E-state index >= 15 is 0 Å². The van der Waals surface area contributed by atoms with E-state index in [-0.39, 0.29) is 0 Å². The minimum atomic E-state index is 0.574. The first-order valence-electron chi connectivity index (χ1n) is 8.69. The van der Waals surface area contributed by atoms with Gasteiger partial charge in [-0.05, 0) is 38.0 Å². The third kappa shape index (κ3) is 3.24. The van der Waals surface area contributed by atoms with Crippen LogP contribution in [0.2, 0.25) is 0 Å². The summed E-state index contributed by atoms with van der Waals surface area (Å²) in [6, 6.07) is 8.13. The van der Waals surface area contributed by atoms with Gasteiger partial charge in [-0.3, -0.25) is 9.67 Å². The Hall–Kier alpha value is -2.76. The third-order valence-corrected chi connectivity index (χ3v) is 4.86. The van der Waals surface area contributed by atoms with Crippen molar-refractivity contribution in [3.8, 4) is 11.4 Å². The number of pyridine rings is 1. The van der Waals surface area contributed by atoms with Crippen molar-refractivity contribution < 1.29 is 0 Å². The van der Waals surface area contributed by atoms with E-state index in [0.717, 1.165) is 48.8 Å². The summed E-state index contributed by atoms with van der Waals surface area (Å²) in [5, 5.41) is 4.30. The van der Waals surface area contributed by atoms with Crippen LogP contribution in [-0.4, -0.2) is 37.8 Å². The summed E-state index contributed by atoms with van der Waals surface area (Å²) in [5.74, 6) is 2.33. The molecular formula is C19H22N6. The van der Waals surface area contributed by atoms with E-state index in [0.29, 0.717) is 5.92 Å². The molecule has 25 heavy (non-hydrogen) atoms. The predicted molar refractivity (Wildman–Crippen MR) is 97.4 cm³/mol. The van der Waals surface area contributed by atoms with E-state index < -0.39 is 0 Å². The Bertz CT molecular complexity index is 849. The Balaban J connectivity index is 1.53. The van der Waals surface area contributed by atoms with Crippen molar-refractivity contribution in [1.29, 1.82) is 0 Å². The highest BCUT2D eigenvalue weighted by Gasteiger charge is 2.24. The monoisotopic (exact) mass is 334 g/mol. The molecule has 1 aliphatic heterocycles. The van der Waals surface area contributed by atoms with Gasteiger partial charge in [0, 0.05) is 67.7 Å². The highest BCUT2D eigenvalue weighted by molar-refractivity contribution is 5.56. The van der Waals surface area contributed by atoms with Crippen molar-refractivity contribution in [3.63, 3.8) is 0 Å². The van der Waals surface area contributed by atoms with Gasteiger partial charge in [-0.25, -0.2) is 9.97 Å². The molecule has 128 valence electrons. The SMILES string of the molecule is Cc1cc(N2CCC(c3ccnn3C)CC2)nc(-c2cccnc2)n1. The Morgan fingerprint density at radius 2 is 1.92 bits per heavy atom. The van der Waals surface area contributed by atoms with Gasteiger partial charge < -0.3 is 4.90 Å². The first kappa shape index (κ1) is 15.7. The zero-order valence-electron chi connectivity index (χ0n) is 14.6. The van der Waals surface area contributed by atoms with Crippen LogP contribution in [0.1, 0.15) is 30.1 Å². The summed E-state index contributed by atoms with van der Waals surface area (Å²) in [6.07, 6.45) is 7.70. The molecule has 3 aromatic heterocycles. The Labute approximate surface area is 147 Å². The van der Waals surface area contributed by atoms with Crippen molar-refractivity contribution in [3.05, 3.63) is 54.2 Å². The van der Waals surface area contributed by atoms with Crippen LogP contribution in [0.3, 0.4) is 0 Å². The first-order valence-corrected chi connectivity index (χ1v) is 8.69. The third-order valence-electron chi connectivity index (χ3n) is 4.86. The molecule has 0 radical (unpaired) electrons. The van der Waals surface area contributed by atoms with Crippen molar-refractivity contribution in [2.24, 2.45) is 7.05 Å². The molecule has 6 heteroatoms. The van der Waals surface area contributed by atoms with E-state index in [2.05, 4.69) is 32.1 Å². The van der Waals surface area contributed by atoms with Crippen molar-refractivity contribution in [2.75, 3.05) is 18.0 Å². The maximum Gasteiger partial charge on any atom is 0.163 e. The molecule has 1 aliphatic rings. The van der Waals surface area contributed by atoms with Crippen LogP contribution < -0.4 is 4.90 Å². The number of rotatable bonds is 3. The molecule has 4 rings (SSSR count). The molecule has 3 aromatic rings. The molecule has 0 bridgehead atoms. The lowest BCUT2D eigenvalue weighted by Crippen LogP contribution is -2.34. The van der Waals surface area contributed by atoms with Crippen LogP contribution in [0.15, 0.2) is 42.9 Å². The topological polar surface area (TPSA) is 59.7 Å². The van der Waals surface area contributed by atoms with Gasteiger partial charge >= 0.3 is 0 Å². The van der Waals surface area contributed by atoms with Gasteiger partial charge in [0.05, 0.1) is 0 Å². The summed E-state index contributed by atoms with van der Waals surface area (Å²) >= 11 is 0. The molecule has 1 saturated heterocycles. The summed E-state index contributed by atoms with van der Waals surface area (Å²) in [4.78, 5) is 15.9. The second-order valence-electron chi connectivity index (χ2n) is 6.57. The molecule has 0 spiro atoms. The first-order chi connectivity index (χ1) is 12.2. The molecule has 0 aromatic carbocycles. The molecule has 0 saturated carbocycles. The van der Waals surface area contributed by atoms with Crippen LogP contribution in [0.4, 0.5) is 5.82 Å². The zero-order chi connectivity index (χ0) is 17.2. The smallest absolute Gasteiger partial charge is 0.163 e. The molecule has 0 N–H and O–H groups in total. The number of aryl methyl sites for hydroxylation is 2. The summed E-state index contributed by atoms with van der Waals surface area (Å²) < 4.78 is 2.00. The molecule has 0 unspecified atom stereocenters. The average molecular weight is 334 g/mol. The van der Waals surface area contributed by atoms with Crippen LogP contribution in [0.5, 0.6) is 0 Å². The Morgan fingerprint density at radius 1 is 1.08 bits per heavy atom. The largest absolute Gasteiger partial charge is 0.356 e. The van der Waals surface area contributed by atoms with Gasteiger partial charge in [0.2, 0.25) is 0 Å². The molecule has 0 amide bonds. The fraction of sp³-hybridized carbons (Fsp3) is 0.368. The van der Waals surface area contributed by atoms with E-state index in [1.807, 2.05) is 43.2 Å². The number of nitrogens with zero attached hydrogens (tertiary/aromatic N) is 6. The van der Waals surface area contributed by atoms with Crippen molar-refractivity contribution in [1.82, 2.24) is 24.7 Å². The highest BCUT2D eigenvalue weighted by Crippen LogP contribution is 2.30. The van der Waals surface area contributed by atoms with Gasteiger partial charge in [-0.2, -0.15) is 5.10 Å². The van der Waals surface area contributed by atoms with E-state index in [4.69, 9.17) is 4.98 Å². The summed E-state index contributed by atoms with van der Waals surface area (Å²) in [6.45, 7) is 4.02. The average Bonchev–Trinajstić information content (AvgIpc) is 3.08. The fourth-order valence-electron chi connectivity index (χ4n) is 3.53. The number of anilines is 1. The quantitative estimate of drug-likeness (QED) is 0.737. The standard InChI is InChI=1S/C19H22N6/c1-14-12-18(23-19(22-14)16-4-3-8-20-13-16)25-10-6-15(7-11-25)17-5-9-21-24(17)2/h3-5,8-9,12-13,15H,6-7,10-11H2,1-2H3. The van der Waals surface area contributed by atoms with E-state index in [1.54, 1.807) is 6.20 Å². The van der Waals surface area contributed by atoms with Crippen LogP contribution in [0, 0.1) is 6.92 Å². The van der Waals surface area contributed by atoms with E-state index in [1.165, 1.54) is 5.69 Å². The number of hydrogen-bond donors (Lipinski definition) is 0. The predicted octanol–water partition coefficient (Wildman–Crippen LogP) is 2.96. The van der Waals surface area contributed by atoms with Crippen LogP contribution >= 0.6 is 0 Å². The zero-order valence-corrected chi connectivity index (χ0v) is 14.6. The normalized spacial score (nSPS) is 15.5. The van der Waals surface area contributed by atoms with Gasteiger partial charge in [0.15, 0.2) is 5.82 Å². The number of piperidine rings is 1. The van der Waals surface area contributed by atoms with Crippen molar-refractivity contribution in [2.45, 2.75) is 25.7 Å². The van der Waals surface area contributed by atoms with Gasteiger partial charge in [0.25, 0.3) is 0 Å². The second-order valence-corrected chi connectivity index (χ2v) is 6.57. The van der Waals surface area contributed by atoms with Gasteiger partial charge in [0.1, 0.15) is 5.82 Å². The molecule has 0 aliphatic carbocycles. The summed E-state index contributed by atoms with van der Waals surface area (Å²) in [5.41, 5.74) is 3.27. The summed E-state index contributed by atoms with van der Waals surface area (Å²) in [7, 11) is 2.02. The number of hydrogen-bond acceptors (Lipinski definition) is 5. The van der Waals surface area contributed by atoms with Crippen molar-refractivity contribution >= 4 is 5.82 Å². The fourth-order valence-corrected chi connectivity index (χ4v) is 3.53.